The largest absolute Gasteiger partial charge is 0.382 e. The summed E-state index contributed by atoms with van der Waals surface area (Å²) in [5.74, 6) is 0.667. The Bertz CT molecular complexity index is 940. The standard InChI is InChI=1S/C22H30FN7O/c1-3-26-21(28-15-22(2)11-5-13-31-22)27-12-4-6-19-18(14-24)20(25)30(29-19)17-9-7-16(23)8-10-17/h7-10H,3-6,11-13,15,25H2,1-2H3,(H2,26,27,28). The third-order valence-corrected chi connectivity index (χ3v) is 5.28. The van der Waals surface area contributed by atoms with Crippen molar-refractivity contribution in [2.24, 2.45) is 4.99 Å². The molecule has 1 aliphatic rings. The Morgan fingerprint density at radius 2 is 2.16 bits per heavy atom. The van der Waals surface area contributed by atoms with E-state index in [2.05, 4.69) is 33.7 Å². The van der Waals surface area contributed by atoms with E-state index < -0.39 is 0 Å². The number of rotatable bonds is 8. The van der Waals surface area contributed by atoms with Crippen LogP contribution in [0.2, 0.25) is 0 Å². The Morgan fingerprint density at radius 1 is 1.39 bits per heavy atom. The number of nitrogen functional groups attached to an aromatic ring is 1. The monoisotopic (exact) mass is 427 g/mol. The molecule has 1 fully saturated rings. The summed E-state index contributed by atoms with van der Waals surface area (Å²) >= 11 is 0. The van der Waals surface area contributed by atoms with E-state index in [1.807, 2.05) is 6.92 Å². The van der Waals surface area contributed by atoms with Crippen LogP contribution in [0.1, 0.15) is 44.4 Å². The fourth-order valence-corrected chi connectivity index (χ4v) is 3.57. The van der Waals surface area contributed by atoms with Crippen LogP contribution in [0.5, 0.6) is 0 Å². The van der Waals surface area contributed by atoms with Crippen LogP contribution in [-0.2, 0) is 11.2 Å². The molecular formula is C22H30FN7O. The lowest BCUT2D eigenvalue weighted by atomic mass is 10.0. The molecule has 1 saturated heterocycles. The second-order valence-electron chi connectivity index (χ2n) is 7.83. The van der Waals surface area contributed by atoms with Gasteiger partial charge >= 0.3 is 0 Å². The van der Waals surface area contributed by atoms with Gasteiger partial charge < -0.3 is 21.1 Å². The van der Waals surface area contributed by atoms with Crippen molar-refractivity contribution in [2.45, 2.75) is 45.1 Å². The number of anilines is 1. The fourth-order valence-electron chi connectivity index (χ4n) is 3.57. The van der Waals surface area contributed by atoms with Gasteiger partial charge in [-0.2, -0.15) is 10.4 Å². The molecule has 0 amide bonds. The Morgan fingerprint density at radius 3 is 2.81 bits per heavy atom. The molecule has 1 aromatic heterocycles. The molecule has 1 unspecified atom stereocenters. The highest BCUT2D eigenvalue weighted by Gasteiger charge is 2.29. The summed E-state index contributed by atoms with van der Waals surface area (Å²) in [7, 11) is 0. The number of aryl methyl sites for hydroxylation is 1. The van der Waals surface area contributed by atoms with Crippen LogP contribution >= 0.6 is 0 Å². The maximum Gasteiger partial charge on any atom is 0.191 e. The first-order valence-corrected chi connectivity index (χ1v) is 10.7. The summed E-state index contributed by atoms with van der Waals surface area (Å²) in [5.41, 5.74) is 7.53. The van der Waals surface area contributed by atoms with Crippen LogP contribution in [0.3, 0.4) is 0 Å². The number of benzene rings is 1. The summed E-state index contributed by atoms with van der Waals surface area (Å²) in [6, 6.07) is 7.98. The number of guanidine groups is 1. The smallest absolute Gasteiger partial charge is 0.191 e. The molecule has 3 rings (SSSR count). The lowest BCUT2D eigenvalue weighted by Gasteiger charge is -2.21. The third kappa shape index (κ3) is 5.73. The van der Waals surface area contributed by atoms with Gasteiger partial charge in [0.25, 0.3) is 0 Å². The number of hydrogen-bond acceptors (Lipinski definition) is 5. The molecule has 4 N–H and O–H groups in total. The predicted molar refractivity (Wildman–Crippen MR) is 119 cm³/mol. The Kier molecular flexibility index (Phi) is 7.47. The Labute approximate surface area is 182 Å². The number of nitrogens with two attached hydrogens (primary N) is 1. The lowest BCUT2D eigenvalue weighted by Crippen LogP contribution is -2.39. The first-order chi connectivity index (χ1) is 15.0. The molecule has 8 nitrogen and oxygen atoms in total. The summed E-state index contributed by atoms with van der Waals surface area (Å²) < 4.78 is 20.5. The van der Waals surface area contributed by atoms with Crippen LogP contribution in [0, 0.1) is 17.1 Å². The van der Waals surface area contributed by atoms with E-state index in [0.29, 0.717) is 36.5 Å². The van der Waals surface area contributed by atoms with Gasteiger partial charge in [-0.05, 0) is 63.8 Å². The number of nitrogens with zero attached hydrogens (tertiary/aromatic N) is 4. The van der Waals surface area contributed by atoms with Crippen molar-refractivity contribution in [2.75, 3.05) is 32.0 Å². The van der Waals surface area contributed by atoms with E-state index in [9.17, 15) is 9.65 Å². The molecule has 0 bridgehead atoms. The van der Waals surface area contributed by atoms with Gasteiger partial charge in [0.05, 0.1) is 23.5 Å². The summed E-state index contributed by atoms with van der Waals surface area (Å²) in [6.07, 6.45) is 3.41. The van der Waals surface area contributed by atoms with Crippen molar-refractivity contribution in [3.8, 4) is 11.8 Å². The summed E-state index contributed by atoms with van der Waals surface area (Å²) in [5, 5.41) is 20.6. The predicted octanol–water partition coefficient (Wildman–Crippen LogP) is 2.52. The van der Waals surface area contributed by atoms with Crippen LogP contribution in [0.25, 0.3) is 5.69 Å². The highest BCUT2D eigenvalue weighted by Crippen LogP contribution is 2.25. The second-order valence-corrected chi connectivity index (χ2v) is 7.83. The Hall–Kier alpha value is -3.12. The van der Waals surface area contributed by atoms with Crippen molar-refractivity contribution in [3.05, 3.63) is 41.3 Å². The van der Waals surface area contributed by atoms with Crippen molar-refractivity contribution < 1.29 is 9.13 Å². The molecule has 31 heavy (non-hydrogen) atoms. The van der Waals surface area contributed by atoms with E-state index >= 15 is 0 Å². The van der Waals surface area contributed by atoms with Crippen molar-refractivity contribution >= 4 is 11.8 Å². The van der Waals surface area contributed by atoms with Crippen molar-refractivity contribution in [3.63, 3.8) is 0 Å². The first-order valence-electron chi connectivity index (χ1n) is 10.7. The van der Waals surface area contributed by atoms with Gasteiger partial charge in [0.1, 0.15) is 23.3 Å². The van der Waals surface area contributed by atoms with Crippen LogP contribution in [0.4, 0.5) is 10.2 Å². The lowest BCUT2D eigenvalue weighted by molar-refractivity contribution is 0.0283. The second kappa shape index (κ2) is 10.3. The molecule has 1 aromatic carbocycles. The minimum absolute atomic E-state index is 0.186. The van der Waals surface area contributed by atoms with Crippen molar-refractivity contribution in [1.82, 2.24) is 20.4 Å². The third-order valence-electron chi connectivity index (χ3n) is 5.28. The highest BCUT2D eigenvalue weighted by atomic mass is 19.1. The van der Waals surface area contributed by atoms with E-state index in [4.69, 9.17) is 10.5 Å². The maximum absolute atomic E-state index is 13.2. The zero-order chi connectivity index (χ0) is 22.3. The van der Waals surface area contributed by atoms with E-state index in [1.165, 1.54) is 16.8 Å². The Balaban J connectivity index is 1.59. The molecule has 0 aliphatic carbocycles. The number of aromatic nitrogens is 2. The normalized spacial score (nSPS) is 18.7. The van der Waals surface area contributed by atoms with Crippen molar-refractivity contribution in [1.29, 1.82) is 5.26 Å². The average Bonchev–Trinajstić information content (AvgIpc) is 3.33. The van der Waals surface area contributed by atoms with E-state index in [-0.39, 0.29) is 17.2 Å². The van der Waals surface area contributed by atoms with E-state index in [0.717, 1.165) is 38.4 Å². The molecule has 2 heterocycles. The van der Waals surface area contributed by atoms with Gasteiger partial charge in [-0.25, -0.2) is 9.07 Å². The number of halogens is 1. The zero-order valence-electron chi connectivity index (χ0n) is 18.1. The van der Waals surface area contributed by atoms with Gasteiger partial charge in [0, 0.05) is 19.7 Å². The van der Waals surface area contributed by atoms with Crippen LogP contribution < -0.4 is 16.4 Å². The number of nitrogens with one attached hydrogen (secondary N) is 2. The molecular weight excluding hydrogens is 397 g/mol. The number of nitriles is 1. The number of ether oxygens (including phenoxy) is 1. The molecule has 1 aliphatic heterocycles. The topological polar surface area (TPSA) is 113 Å². The van der Waals surface area contributed by atoms with Gasteiger partial charge in [0.15, 0.2) is 5.96 Å². The minimum Gasteiger partial charge on any atom is -0.382 e. The number of aliphatic imine (C=N–C) groups is 1. The SMILES string of the molecule is CCNC(=NCC1(C)CCCO1)NCCCc1nn(-c2ccc(F)cc2)c(N)c1C#N. The maximum atomic E-state index is 13.2. The fraction of sp³-hybridized carbons (Fsp3) is 0.500. The van der Waals surface area contributed by atoms with Crippen LogP contribution in [-0.4, -0.2) is 47.6 Å². The molecule has 9 heteroatoms. The molecule has 0 saturated carbocycles. The molecule has 1 atom stereocenters. The molecule has 166 valence electrons. The minimum atomic E-state index is -0.340. The highest BCUT2D eigenvalue weighted by molar-refractivity contribution is 5.79. The summed E-state index contributed by atoms with van der Waals surface area (Å²) in [4.78, 5) is 4.66. The quantitative estimate of drug-likeness (QED) is 0.339. The average molecular weight is 428 g/mol. The van der Waals surface area contributed by atoms with Gasteiger partial charge in [0.2, 0.25) is 0 Å². The van der Waals surface area contributed by atoms with Gasteiger partial charge in [-0.3, -0.25) is 4.99 Å². The first kappa shape index (κ1) is 22.6. The summed E-state index contributed by atoms with van der Waals surface area (Å²) in [6.45, 7) is 6.95. The molecule has 0 spiro atoms. The zero-order valence-corrected chi connectivity index (χ0v) is 18.1. The van der Waals surface area contributed by atoms with Gasteiger partial charge in [-0.1, -0.05) is 0 Å². The molecule has 2 aromatic rings. The molecule has 0 radical (unpaired) electrons. The van der Waals surface area contributed by atoms with Gasteiger partial charge in [-0.15, -0.1) is 0 Å². The number of hydrogen-bond donors (Lipinski definition) is 3. The van der Waals surface area contributed by atoms with E-state index in [1.54, 1.807) is 12.1 Å². The van der Waals surface area contributed by atoms with Crippen LogP contribution in [0.15, 0.2) is 29.3 Å².